The van der Waals surface area contributed by atoms with Crippen LogP contribution in [0.4, 0.5) is 15.8 Å². The molecule has 0 unspecified atom stereocenters. The number of carbonyl (C=O) groups is 1. The number of primary sulfonamides is 1. The van der Waals surface area contributed by atoms with E-state index in [4.69, 9.17) is 5.14 Å². The van der Waals surface area contributed by atoms with Gasteiger partial charge in [-0.2, -0.15) is 5.10 Å². The lowest BCUT2D eigenvalue weighted by atomic mass is 10.2. The van der Waals surface area contributed by atoms with E-state index in [-0.39, 0.29) is 22.8 Å². The van der Waals surface area contributed by atoms with Crippen LogP contribution in [0, 0.1) is 22.9 Å². The van der Waals surface area contributed by atoms with Crippen molar-refractivity contribution in [2.45, 2.75) is 11.8 Å². The Hall–Kier alpha value is -3.97. The predicted octanol–water partition coefficient (Wildman–Crippen LogP) is 1.49. The minimum absolute atomic E-state index is 0.0151. The zero-order valence-electron chi connectivity index (χ0n) is 15.8. The number of hydrogen-bond acceptors (Lipinski definition) is 7. The zero-order valence-corrected chi connectivity index (χ0v) is 16.6. The first kappa shape index (κ1) is 21.7. The van der Waals surface area contributed by atoms with E-state index in [1.54, 1.807) is 0 Å². The van der Waals surface area contributed by atoms with Gasteiger partial charge in [0.15, 0.2) is 5.69 Å². The van der Waals surface area contributed by atoms with Gasteiger partial charge in [0.05, 0.1) is 9.82 Å². The SMILES string of the molecule is Cc1cc(=O)c(C(=O)Nc2cc(F)cc(S(N)(=O)=O)c2)nn1-c1ccccc1[N+](=O)[O-]. The number of carbonyl (C=O) groups excluding carboxylic acids is 1. The molecule has 3 rings (SSSR count). The van der Waals surface area contributed by atoms with Gasteiger partial charge >= 0.3 is 0 Å². The number of sulfonamides is 1. The van der Waals surface area contributed by atoms with E-state index in [2.05, 4.69) is 10.4 Å². The molecule has 1 heterocycles. The van der Waals surface area contributed by atoms with Crippen molar-refractivity contribution < 1.29 is 22.5 Å². The van der Waals surface area contributed by atoms with Crippen molar-refractivity contribution in [3.05, 3.63) is 86.1 Å². The first-order chi connectivity index (χ1) is 14.5. The number of nitro groups is 1. The average Bonchev–Trinajstić information content (AvgIpc) is 2.66. The number of halogens is 1. The van der Waals surface area contributed by atoms with Crippen LogP contribution in [0.5, 0.6) is 0 Å². The van der Waals surface area contributed by atoms with Crippen LogP contribution in [-0.4, -0.2) is 29.0 Å². The molecule has 3 aromatic rings. The number of rotatable bonds is 5. The Morgan fingerprint density at radius 2 is 1.90 bits per heavy atom. The molecule has 0 aliphatic heterocycles. The number of aryl methyl sites for hydroxylation is 1. The number of hydrogen-bond donors (Lipinski definition) is 2. The molecule has 0 atom stereocenters. The smallest absolute Gasteiger partial charge is 0.294 e. The fraction of sp³-hybridized carbons (Fsp3) is 0.0556. The van der Waals surface area contributed by atoms with Gasteiger partial charge in [0.25, 0.3) is 11.6 Å². The summed E-state index contributed by atoms with van der Waals surface area (Å²) in [6.45, 7) is 1.47. The number of aromatic nitrogens is 2. The third-order valence-corrected chi connectivity index (χ3v) is 4.98. The van der Waals surface area contributed by atoms with Crippen molar-refractivity contribution in [3.63, 3.8) is 0 Å². The third kappa shape index (κ3) is 4.62. The van der Waals surface area contributed by atoms with Gasteiger partial charge in [-0.05, 0) is 31.2 Å². The number of para-hydroxylation sites is 2. The molecule has 0 spiro atoms. The molecule has 1 aromatic heterocycles. The van der Waals surface area contributed by atoms with Gasteiger partial charge in [-0.1, -0.05) is 12.1 Å². The van der Waals surface area contributed by atoms with Crippen LogP contribution in [0.2, 0.25) is 0 Å². The van der Waals surface area contributed by atoms with Crippen molar-refractivity contribution in [1.29, 1.82) is 0 Å². The maximum Gasteiger partial charge on any atom is 0.294 e. The number of nitrogens with zero attached hydrogens (tertiary/aromatic N) is 3. The van der Waals surface area contributed by atoms with E-state index in [1.807, 2.05) is 0 Å². The number of nitro benzene ring substituents is 1. The molecule has 0 aliphatic carbocycles. The number of amides is 1. The standard InChI is InChI=1S/C18H14FN5O6S/c1-10-6-16(25)17(22-23(10)14-4-2-3-5-15(14)24(27)28)18(26)21-12-7-11(19)8-13(9-12)31(20,29)30/h2-9H,1H3,(H,21,26)(H2,20,29,30). The number of benzene rings is 2. The van der Waals surface area contributed by atoms with Crippen molar-refractivity contribution in [1.82, 2.24) is 9.78 Å². The molecule has 1 amide bonds. The molecule has 0 radical (unpaired) electrons. The minimum Gasteiger partial charge on any atom is -0.320 e. The van der Waals surface area contributed by atoms with E-state index in [0.717, 1.165) is 22.9 Å². The van der Waals surface area contributed by atoms with E-state index in [0.29, 0.717) is 6.07 Å². The molecule has 0 aliphatic rings. The fourth-order valence-electron chi connectivity index (χ4n) is 2.74. The second kappa shape index (κ2) is 8.04. The molecule has 0 saturated heterocycles. The lowest BCUT2D eigenvalue weighted by molar-refractivity contribution is -0.384. The van der Waals surface area contributed by atoms with Gasteiger partial charge in [0.2, 0.25) is 15.5 Å². The zero-order chi connectivity index (χ0) is 22.9. The summed E-state index contributed by atoms with van der Waals surface area (Å²) in [5, 5.41) is 22.4. The van der Waals surface area contributed by atoms with Crippen molar-refractivity contribution >= 4 is 27.3 Å². The molecule has 2 aromatic carbocycles. The van der Waals surface area contributed by atoms with Crippen LogP contribution >= 0.6 is 0 Å². The van der Waals surface area contributed by atoms with Crippen molar-refractivity contribution in [3.8, 4) is 5.69 Å². The Balaban J connectivity index is 2.06. The fourth-order valence-corrected chi connectivity index (χ4v) is 3.30. The molecule has 0 bridgehead atoms. The highest BCUT2D eigenvalue weighted by atomic mass is 32.2. The highest BCUT2D eigenvalue weighted by molar-refractivity contribution is 7.89. The molecule has 11 nitrogen and oxygen atoms in total. The molecule has 13 heteroatoms. The second-order valence-electron chi connectivity index (χ2n) is 6.33. The van der Waals surface area contributed by atoms with E-state index >= 15 is 0 Å². The molecule has 0 saturated carbocycles. The quantitative estimate of drug-likeness (QED) is 0.441. The van der Waals surface area contributed by atoms with Crippen molar-refractivity contribution in [2.75, 3.05) is 5.32 Å². The molecule has 3 N–H and O–H groups in total. The van der Waals surface area contributed by atoms with Gasteiger partial charge in [-0.3, -0.25) is 19.7 Å². The van der Waals surface area contributed by atoms with Gasteiger partial charge in [0, 0.05) is 23.5 Å². The summed E-state index contributed by atoms with van der Waals surface area (Å²) in [6, 6.07) is 9.02. The monoisotopic (exact) mass is 447 g/mol. The summed E-state index contributed by atoms with van der Waals surface area (Å²) in [6.07, 6.45) is 0. The summed E-state index contributed by atoms with van der Waals surface area (Å²) < 4.78 is 37.7. The largest absolute Gasteiger partial charge is 0.320 e. The van der Waals surface area contributed by atoms with E-state index in [9.17, 15) is 32.5 Å². The molecular weight excluding hydrogens is 433 g/mol. The van der Waals surface area contributed by atoms with Crippen LogP contribution in [0.1, 0.15) is 16.2 Å². The lowest BCUT2D eigenvalue weighted by Gasteiger charge is -2.12. The Morgan fingerprint density at radius 1 is 1.23 bits per heavy atom. The average molecular weight is 447 g/mol. The number of nitrogens with one attached hydrogen (secondary N) is 1. The first-order valence-electron chi connectivity index (χ1n) is 8.47. The third-order valence-electron chi connectivity index (χ3n) is 4.09. The normalized spacial score (nSPS) is 11.2. The van der Waals surface area contributed by atoms with E-state index < -0.39 is 42.7 Å². The Labute approximate surface area is 174 Å². The topological polar surface area (TPSA) is 167 Å². The lowest BCUT2D eigenvalue weighted by Crippen LogP contribution is -2.27. The Kier molecular flexibility index (Phi) is 5.64. The summed E-state index contributed by atoms with van der Waals surface area (Å²) in [5.74, 6) is -2.07. The summed E-state index contributed by atoms with van der Waals surface area (Å²) in [7, 11) is -4.25. The minimum atomic E-state index is -4.25. The summed E-state index contributed by atoms with van der Waals surface area (Å²) >= 11 is 0. The highest BCUT2D eigenvalue weighted by Gasteiger charge is 2.21. The molecule has 160 valence electrons. The maximum absolute atomic E-state index is 13.7. The number of anilines is 1. The number of nitrogens with two attached hydrogens (primary N) is 1. The highest BCUT2D eigenvalue weighted by Crippen LogP contribution is 2.22. The predicted molar refractivity (Wildman–Crippen MR) is 107 cm³/mol. The van der Waals surface area contributed by atoms with Gasteiger partial charge in [0.1, 0.15) is 11.5 Å². The van der Waals surface area contributed by atoms with Crippen LogP contribution in [0.15, 0.2) is 58.2 Å². The summed E-state index contributed by atoms with van der Waals surface area (Å²) in [4.78, 5) is 35.0. The second-order valence-corrected chi connectivity index (χ2v) is 7.89. The first-order valence-corrected chi connectivity index (χ1v) is 10.0. The molecule has 0 fully saturated rings. The van der Waals surface area contributed by atoms with Gasteiger partial charge < -0.3 is 5.32 Å². The summed E-state index contributed by atoms with van der Waals surface area (Å²) in [5.41, 5.74) is -1.80. The van der Waals surface area contributed by atoms with Gasteiger partial charge in [-0.15, -0.1) is 0 Å². The Morgan fingerprint density at radius 3 is 2.55 bits per heavy atom. The molecule has 31 heavy (non-hydrogen) atoms. The van der Waals surface area contributed by atoms with Crippen LogP contribution in [0.25, 0.3) is 5.69 Å². The van der Waals surface area contributed by atoms with Crippen LogP contribution in [0.3, 0.4) is 0 Å². The van der Waals surface area contributed by atoms with Crippen LogP contribution < -0.4 is 15.9 Å². The van der Waals surface area contributed by atoms with Crippen LogP contribution in [-0.2, 0) is 10.0 Å². The van der Waals surface area contributed by atoms with E-state index in [1.165, 1.54) is 31.2 Å². The van der Waals surface area contributed by atoms with Crippen molar-refractivity contribution in [2.24, 2.45) is 5.14 Å². The maximum atomic E-state index is 13.7. The Bertz CT molecular complexity index is 1390. The van der Waals surface area contributed by atoms with Gasteiger partial charge in [-0.25, -0.2) is 22.6 Å². The molecular formula is C18H14FN5O6S.